The zero-order valence-electron chi connectivity index (χ0n) is 8.10. The summed E-state index contributed by atoms with van der Waals surface area (Å²) >= 11 is 0. The van der Waals surface area contributed by atoms with Gasteiger partial charge in [-0.3, -0.25) is 4.79 Å². The molecule has 0 aromatic heterocycles. The second-order valence-electron chi connectivity index (χ2n) is 3.07. The van der Waals surface area contributed by atoms with E-state index in [1.54, 1.807) is 24.3 Å². The van der Waals surface area contributed by atoms with E-state index in [1.165, 1.54) is 0 Å². The fourth-order valence-corrected chi connectivity index (χ4v) is 0.987. The minimum absolute atomic E-state index is 0.341. The second kappa shape index (κ2) is 4.41. The molecule has 0 bridgehead atoms. The first-order chi connectivity index (χ1) is 7.00. The van der Waals surface area contributed by atoms with Gasteiger partial charge in [0.25, 0.3) is 0 Å². The monoisotopic (exact) mass is 206 g/mol. The Morgan fingerprint density at radius 1 is 1.13 bits per heavy atom. The molecule has 1 aromatic rings. The molecule has 0 saturated carbocycles. The highest BCUT2D eigenvalue weighted by atomic mass is 16.4. The van der Waals surface area contributed by atoms with Crippen LogP contribution >= 0.6 is 0 Å². The van der Waals surface area contributed by atoms with Gasteiger partial charge in [0.05, 0.1) is 0 Å². The van der Waals surface area contributed by atoms with Crippen LogP contribution in [0.25, 0.3) is 0 Å². The number of aliphatic carboxylic acids is 1. The smallest absolute Gasteiger partial charge is 0.371 e. The largest absolute Gasteiger partial charge is 0.502 e. The number of carbonyl (C=O) groups is 2. The number of carbonyl (C=O) groups excluding carboxylic acids is 1. The van der Waals surface area contributed by atoms with Crippen LogP contribution in [0.3, 0.4) is 0 Å². The summed E-state index contributed by atoms with van der Waals surface area (Å²) in [6.45, 7) is 1.87. The maximum Gasteiger partial charge on any atom is 0.371 e. The number of aliphatic hydroxyl groups is 1. The molecule has 1 aromatic carbocycles. The van der Waals surface area contributed by atoms with Crippen LogP contribution in [0.15, 0.2) is 36.1 Å². The van der Waals surface area contributed by atoms with Crippen molar-refractivity contribution in [1.29, 1.82) is 0 Å². The van der Waals surface area contributed by atoms with Crippen LogP contribution in [0.4, 0.5) is 0 Å². The number of benzene rings is 1. The summed E-state index contributed by atoms with van der Waals surface area (Å²) < 4.78 is 0. The number of ketones is 1. The Hall–Kier alpha value is -2.10. The Balaban J connectivity index is 2.91. The van der Waals surface area contributed by atoms with Crippen molar-refractivity contribution >= 4 is 11.8 Å². The molecule has 0 atom stereocenters. The van der Waals surface area contributed by atoms with Crippen LogP contribution in [0.1, 0.15) is 15.9 Å². The number of rotatable bonds is 3. The van der Waals surface area contributed by atoms with E-state index in [2.05, 4.69) is 0 Å². The third-order valence-corrected chi connectivity index (χ3v) is 1.82. The van der Waals surface area contributed by atoms with Gasteiger partial charge in [0, 0.05) is 11.6 Å². The predicted octanol–water partition coefficient (Wildman–Crippen LogP) is 1.70. The van der Waals surface area contributed by atoms with Crippen molar-refractivity contribution in [2.75, 3.05) is 0 Å². The lowest BCUT2D eigenvalue weighted by Gasteiger charge is -1.97. The molecule has 0 unspecified atom stereocenters. The molecule has 0 amide bonds. The van der Waals surface area contributed by atoms with Crippen molar-refractivity contribution in [1.82, 2.24) is 0 Å². The van der Waals surface area contributed by atoms with Crippen LogP contribution in [-0.4, -0.2) is 22.0 Å². The summed E-state index contributed by atoms with van der Waals surface area (Å²) in [4.78, 5) is 21.6. The highest BCUT2D eigenvalue weighted by molar-refractivity contribution is 6.07. The zero-order chi connectivity index (χ0) is 11.4. The molecule has 4 heteroatoms. The Bertz CT molecular complexity index is 415. The van der Waals surface area contributed by atoms with Gasteiger partial charge in [0.1, 0.15) is 0 Å². The topological polar surface area (TPSA) is 74.6 Å². The van der Waals surface area contributed by atoms with E-state index in [4.69, 9.17) is 10.2 Å². The van der Waals surface area contributed by atoms with Gasteiger partial charge < -0.3 is 10.2 Å². The summed E-state index contributed by atoms with van der Waals surface area (Å²) in [7, 11) is 0. The quantitative estimate of drug-likeness (QED) is 0.448. The summed E-state index contributed by atoms with van der Waals surface area (Å²) in [5, 5.41) is 17.2. The molecule has 0 spiro atoms. The van der Waals surface area contributed by atoms with Gasteiger partial charge in [-0.05, 0) is 6.92 Å². The first-order valence-electron chi connectivity index (χ1n) is 4.25. The average molecular weight is 206 g/mol. The third-order valence-electron chi connectivity index (χ3n) is 1.82. The van der Waals surface area contributed by atoms with E-state index in [-0.39, 0.29) is 0 Å². The number of carboxylic acids is 1. The molecule has 0 heterocycles. The molecule has 0 fully saturated rings. The van der Waals surface area contributed by atoms with E-state index in [0.29, 0.717) is 11.6 Å². The van der Waals surface area contributed by atoms with E-state index in [0.717, 1.165) is 5.56 Å². The Kier molecular flexibility index (Phi) is 3.23. The summed E-state index contributed by atoms with van der Waals surface area (Å²) in [5.74, 6) is -3.01. The molecule has 15 heavy (non-hydrogen) atoms. The lowest BCUT2D eigenvalue weighted by Crippen LogP contribution is -2.03. The molecule has 4 nitrogen and oxygen atoms in total. The number of allylic oxidation sites excluding steroid dienone is 1. The molecule has 0 radical (unpaired) electrons. The molecule has 0 saturated heterocycles. The van der Waals surface area contributed by atoms with Crippen molar-refractivity contribution in [2.24, 2.45) is 0 Å². The van der Waals surface area contributed by atoms with Crippen molar-refractivity contribution in [3.8, 4) is 0 Å². The lowest BCUT2D eigenvalue weighted by molar-refractivity contribution is -0.135. The summed E-state index contributed by atoms with van der Waals surface area (Å²) in [6, 6.07) is 6.62. The number of hydrogen-bond donors (Lipinski definition) is 2. The normalized spacial score (nSPS) is 11.1. The molecule has 1 rings (SSSR count). The molecule has 78 valence electrons. The standard InChI is InChI=1S/C11H10O4/c1-7-2-4-8(5-3-7)9(12)6-10(13)11(14)15/h2-6,13H,1H3,(H,14,15)/b10-6-. The van der Waals surface area contributed by atoms with Crippen LogP contribution < -0.4 is 0 Å². The molecule has 0 aliphatic rings. The zero-order valence-corrected chi connectivity index (χ0v) is 8.10. The first kappa shape index (κ1) is 11.0. The van der Waals surface area contributed by atoms with E-state index >= 15 is 0 Å². The average Bonchev–Trinajstić information content (AvgIpc) is 2.18. The summed E-state index contributed by atoms with van der Waals surface area (Å²) in [5.41, 5.74) is 1.34. The van der Waals surface area contributed by atoms with Gasteiger partial charge >= 0.3 is 5.97 Å². The highest BCUT2D eigenvalue weighted by Gasteiger charge is 2.08. The fourth-order valence-electron chi connectivity index (χ4n) is 0.987. The van der Waals surface area contributed by atoms with Crippen LogP contribution in [0.2, 0.25) is 0 Å². The lowest BCUT2D eigenvalue weighted by atomic mass is 10.1. The van der Waals surface area contributed by atoms with E-state index in [9.17, 15) is 9.59 Å². The highest BCUT2D eigenvalue weighted by Crippen LogP contribution is 2.05. The number of hydrogen-bond acceptors (Lipinski definition) is 3. The van der Waals surface area contributed by atoms with Gasteiger partial charge in [-0.1, -0.05) is 29.8 Å². The van der Waals surface area contributed by atoms with Gasteiger partial charge in [-0.25, -0.2) is 4.79 Å². The van der Waals surface area contributed by atoms with Gasteiger partial charge in [0.15, 0.2) is 5.78 Å². The number of aliphatic hydroxyl groups excluding tert-OH is 1. The third kappa shape index (κ3) is 2.95. The maximum absolute atomic E-state index is 11.4. The van der Waals surface area contributed by atoms with Gasteiger partial charge in [-0.15, -0.1) is 0 Å². The Morgan fingerprint density at radius 2 is 1.67 bits per heavy atom. The first-order valence-corrected chi connectivity index (χ1v) is 4.25. The van der Waals surface area contributed by atoms with Crippen molar-refractivity contribution in [3.63, 3.8) is 0 Å². The van der Waals surface area contributed by atoms with E-state index < -0.39 is 17.5 Å². The van der Waals surface area contributed by atoms with Crippen LogP contribution in [0, 0.1) is 6.92 Å². The minimum Gasteiger partial charge on any atom is -0.502 e. The van der Waals surface area contributed by atoms with Crippen molar-refractivity contribution < 1.29 is 19.8 Å². The number of aryl methyl sites for hydroxylation is 1. The molecule has 0 aliphatic heterocycles. The van der Waals surface area contributed by atoms with Crippen molar-refractivity contribution in [2.45, 2.75) is 6.92 Å². The molecule has 0 aliphatic carbocycles. The van der Waals surface area contributed by atoms with Crippen LogP contribution in [0.5, 0.6) is 0 Å². The van der Waals surface area contributed by atoms with Crippen LogP contribution in [-0.2, 0) is 4.79 Å². The molecule has 2 N–H and O–H groups in total. The number of carboxylic acid groups (broad SMARTS) is 1. The second-order valence-corrected chi connectivity index (χ2v) is 3.07. The summed E-state index contributed by atoms with van der Waals surface area (Å²) in [6.07, 6.45) is 0.688. The fraction of sp³-hybridized carbons (Fsp3) is 0.0909. The Morgan fingerprint density at radius 3 is 2.13 bits per heavy atom. The maximum atomic E-state index is 11.4. The Labute approximate surface area is 86.5 Å². The molecular formula is C11H10O4. The van der Waals surface area contributed by atoms with Gasteiger partial charge in [0.2, 0.25) is 5.76 Å². The van der Waals surface area contributed by atoms with Gasteiger partial charge in [-0.2, -0.15) is 0 Å². The SMILES string of the molecule is Cc1ccc(C(=O)/C=C(\O)C(=O)O)cc1. The van der Waals surface area contributed by atoms with Crippen molar-refractivity contribution in [3.05, 3.63) is 47.2 Å². The molecular weight excluding hydrogens is 196 g/mol. The predicted molar refractivity (Wildman–Crippen MR) is 53.9 cm³/mol. The minimum atomic E-state index is -1.52. The van der Waals surface area contributed by atoms with E-state index in [1.807, 2.05) is 6.92 Å².